The van der Waals surface area contributed by atoms with Gasteiger partial charge in [0.05, 0.1) is 18.8 Å². The molecule has 1 unspecified atom stereocenters. The maximum Gasteiger partial charge on any atom is 0.235 e. The summed E-state index contributed by atoms with van der Waals surface area (Å²) in [5.41, 5.74) is 0. The van der Waals surface area contributed by atoms with Crippen LogP contribution >= 0.6 is 0 Å². The summed E-state index contributed by atoms with van der Waals surface area (Å²) in [6, 6.07) is 0.0995. The number of isocyanates is 1. The van der Waals surface area contributed by atoms with Gasteiger partial charge >= 0.3 is 0 Å². The lowest BCUT2D eigenvalue weighted by Crippen LogP contribution is -1.83. The van der Waals surface area contributed by atoms with Crippen LogP contribution in [0, 0.1) is 0 Å². The zero-order chi connectivity index (χ0) is 7.98. The molecule has 0 spiro atoms. The molecule has 3 heteroatoms. The van der Waals surface area contributed by atoms with Gasteiger partial charge in [0, 0.05) is 0 Å². The molecule has 0 aromatic carbocycles. The predicted molar refractivity (Wildman–Crippen MR) is 38.7 cm³/mol. The summed E-state index contributed by atoms with van der Waals surface area (Å²) < 4.78 is 4.71. The molecule has 0 aromatic rings. The molecule has 3 nitrogen and oxygen atoms in total. The summed E-state index contributed by atoms with van der Waals surface area (Å²) in [5, 5.41) is 0. The van der Waals surface area contributed by atoms with Crippen LogP contribution < -0.4 is 0 Å². The van der Waals surface area contributed by atoms with Crippen molar-refractivity contribution in [3.8, 4) is 0 Å². The summed E-state index contributed by atoms with van der Waals surface area (Å²) in [7, 11) is 0. The van der Waals surface area contributed by atoms with Gasteiger partial charge in [0.1, 0.15) is 0 Å². The SMILES string of the molecule is CC(C)N=C=O.CC1CO1. The Labute approximate surface area is 61.1 Å². The minimum absolute atomic E-state index is 0.0995. The van der Waals surface area contributed by atoms with Gasteiger partial charge in [-0.05, 0) is 20.8 Å². The zero-order valence-electron chi connectivity index (χ0n) is 6.63. The molecule has 1 saturated heterocycles. The van der Waals surface area contributed by atoms with E-state index in [0.29, 0.717) is 6.10 Å². The molecule has 0 bridgehead atoms. The zero-order valence-corrected chi connectivity index (χ0v) is 6.63. The maximum atomic E-state index is 9.32. The Bertz CT molecular complexity index is 124. The van der Waals surface area contributed by atoms with Crippen LogP contribution in [0.5, 0.6) is 0 Å². The fourth-order valence-corrected chi connectivity index (χ4v) is 0.202. The Kier molecular flexibility index (Phi) is 4.81. The molecule has 58 valence electrons. The van der Waals surface area contributed by atoms with Crippen molar-refractivity contribution in [1.82, 2.24) is 0 Å². The molecule has 0 aliphatic carbocycles. The smallest absolute Gasteiger partial charge is 0.235 e. The van der Waals surface area contributed by atoms with Crippen LogP contribution in [0.2, 0.25) is 0 Å². The predicted octanol–water partition coefficient (Wildman–Crippen LogP) is 1.14. The van der Waals surface area contributed by atoms with Gasteiger partial charge < -0.3 is 4.74 Å². The first-order valence-corrected chi connectivity index (χ1v) is 3.35. The van der Waals surface area contributed by atoms with E-state index in [9.17, 15) is 4.79 Å². The molecule has 1 aliphatic rings. The number of aliphatic imine (C=N–C) groups is 1. The summed E-state index contributed by atoms with van der Waals surface area (Å²) >= 11 is 0. The summed E-state index contributed by atoms with van der Waals surface area (Å²) in [6.07, 6.45) is 2.03. The fraction of sp³-hybridized carbons (Fsp3) is 0.857. The molecule has 0 saturated carbocycles. The van der Waals surface area contributed by atoms with E-state index in [1.54, 1.807) is 0 Å². The van der Waals surface area contributed by atoms with Crippen molar-refractivity contribution in [3.63, 3.8) is 0 Å². The second-order valence-electron chi connectivity index (χ2n) is 2.46. The monoisotopic (exact) mass is 143 g/mol. The van der Waals surface area contributed by atoms with Crippen molar-refractivity contribution in [2.45, 2.75) is 32.9 Å². The van der Waals surface area contributed by atoms with Gasteiger partial charge in [-0.15, -0.1) is 0 Å². The number of rotatable bonds is 1. The molecule has 1 aliphatic heterocycles. The summed E-state index contributed by atoms with van der Waals surface area (Å²) in [4.78, 5) is 12.6. The first-order chi connectivity index (χ1) is 4.66. The van der Waals surface area contributed by atoms with E-state index < -0.39 is 0 Å². The highest BCUT2D eigenvalue weighted by Gasteiger charge is 2.13. The Balaban J connectivity index is 0.000000172. The van der Waals surface area contributed by atoms with E-state index in [-0.39, 0.29) is 6.04 Å². The first kappa shape index (κ1) is 9.34. The quantitative estimate of drug-likeness (QED) is 0.314. The van der Waals surface area contributed by atoms with E-state index in [0.717, 1.165) is 6.61 Å². The van der Waals surface area contributed by atoms with Crippen LogP contribution in [0.1, 0.15) is 20.8 Å². The van der Waals surface area contributed by atoms with Crippen molar-refractivity contribution in [1.29, 1.82) is 0 Å². The molecular formula is C7H13NO2. The highest BCUT2D eigenvalue weighted by molar-refractivity contribution is 5.33. The lowest BCUT2D eigenvalue weighted by Gasteiger charge is -1.82. The average molecular weight is 143 g/mol. The fourth-order valence-electron chi connectivity index (χ4n) is 0.202. The third kappa shape index (κ3) is 10.3. The van der Waals surface area contributed by atoms with Gasteiger partial charge in [-0.25, -0.2) is 9.79 Å². The lowest BCUT2D eigenvalue weighted by molar-refractivity contribution is 0.423. The number of epoxide rings is 1. The van der Waals surface area contributed by atoms with Crippen LogP contribution in [0.4, 0.5) is 0 Å². The van der Waals surface area contributed by atoms with E-state index in [1.807, 2.05) is 13.8 Å². The lowest BCUT2D eigenvalue weighted by atomic mass is 10.4. The molecule has 1 rings (SSSR count). The van der Waals surface area contributed by atoms with Crippen LogP contribution in [-0.2, 0) is 9.53 Å². The van der Waals surface area contributed by atoms with Gasteiger partial charge in [-0.1, -0.05) is 0 Å². The number of ether oxygens (including phenoxy) is 1. The number of nitrogens with zero attached hydrogens (tertiary/aromatic N) is 1. The van der Waals surface area contributed by atoms with Crippen LogP contribution in [0.25, 0.3) is 0 Å². The van der Waals surface area contributed by atoms with Crippen LogP contribution in [0.3, 0.4) is 0 Å². The van der Waals surface area contributed by atoms with Gasteiger partial charge in [0.2, 0.25) is 6.08 Å². The molecule has 0 radical (unpaired) electrons. The second kappa shape index (κ2) is 5.15. The molecule has 10 heavy (non-hydrogen) atoms. The largest absolute Gasteiger partial charge is 0.373 e. The van der Waals surface area contributed by atoms with E-state index >= 15 is 0 Å². The normalized spacial score (nSPS) is 20.6. The van der Waals surface area contributed by atoms with E-state index in [1.165, 1.54) is 6.08 Å². The van der Waals surface area contributed by atoms with E-state index in [4.69, 9.17) is 4.74 Å². The van der Waals surface area contributed by atoms with Crippen LogP contribution in [0.15, 0.2) is 4.99 Å². The Morgan fingerprint density at radius 1 is 1.70 bits per heavy atom. The Morgan fingerprint density at radius 3 is 2.10 bits per heavy atom. The third-order valence-electron chi connectivity index (χ3n) is 0.811. The average Bonchev–Trinajstić information content (AvgIpc) is 2.52. The standard InChI is InChI=1S/C4H7NO.C3H6O/c1-4(2)5-3-6;1-3-2-4-3/h4H,1-2H3;3H,2H2,1H3. The molecule has 0 N–H and O–H groups in total. The molecule has 1 heterocycles. The summed E-state index contributed by atoms with van der Waals surface area (Å²) in [5.74, 6) is 0. The minimum atomic E-state index is 0.0995. The number of hydrogen-bond donors (Lipinski definition) is 0. The van der Waals surface area contributed by atoms with Crippen molar-refractivity contribution in [2.24, 2.45) is 4.99 Å². The number of hydrogen-bond acceptors (Lipinski definition) is 3. The first-order valence-electron chi connectivity index (χ1n) is 3.35. The van der Waals surface area contributed by atoms with Crippen molar-refractivity contribution >= 4 is 6.08 Å². The van der Waals surface area contributed by atoms with Crippen molar-refractivity contribution in [3.05, 3.63) is 0 Å². The minimum Gasteiger partial charge on any atom is -0.373 e. The van der Waals surface area contributed by atoms with Crippen molar-refractivity contribution < 1.29 is 9.53 Å². The summed E-state index contributed by atoms with van der Waals surface area (Å²) in [6.45, 7) is 6.69. The third-order valence-corrected chi connectivity index (χ3v) is 0.811. The van der Waals surface area contributed by atoms with Crippen molar-refractivity contribution in [2.75, 3.05) is 6.61 Å². The number of carbonyl (C=O) groups excluding carboxylic acids is 1. The Morgan fingerprint density at radius 2 is 2.10 bits per heavy atom. The maximum absolute atomic E-state index is 9.32. The Hall–Kier alpha value is -0.660. The van der Waals surface area contributed by atoms with E-state index in [2.05, 4.69) is 11.9 Å². The van der Waals surface area contributed by atoms with Gasteiger partial charge in [0.25, 0.3) is 0 Å². The highest BCUT2D eigenvalue weighted by atomic mass is 16.6. The van der Waals surface area contributed by atoms with Crippen LogP contribution in [-0.4, -0.2) is 24.8 Å². The molecule has 0 aromatic heterocycles. The molecule has 0 amide bonds. The second-order valence-corrected chi connectivity index (χ2v) is 2.46. The highest BCUT2D eigenvalue weighted by Crippen LogP contribution is 2.04. The molecule has 1 fully saturated rings. The van der Waals surface area contributed by atoms with Gasteiger partial charge in [-0.2, -0.15) is 0 Å². The van der Waals surface area contributed by atoms with Gasteiger partial charge in [-0.3, -0.25) is 0 Å². The van der Waals surface area contributed by atoms with Gasteiger partial charge in [0.15, 0.2) is 0 Å². The molecule has 1 atom stereocenters. The molecular weight excluding hydrogens is 130 g/mol. The topological polar surface area (TPSA) is 42.0 Å².